The van der Waals surface area contributed by atoms with Crippen LogP contribution in [0.2, 0.25) is 0 Å². The van der Waals surface area contributed by atoms with E-state index >= 15 is 0 Å². The van der Waals surface area contributed by atoms with Gasteiger partial charge in [-0.05, 0) is 50.9 Å². The fraction of sp³-hybridized carbons (Fsp3) is 0.556. The minimum atomic E-state index is 0.508. The Hall–Kier alpha value is -1.72. The molecule has 0 spiro atoms. The van der Waals surface area contributed by atoms with Gasteiger partial charge in [0.15, 0.2) is 0 Å². The Kier molecular flexibility index (Phi) is 4.39. The molecule has 2 aromatic rings. The van der Waals surface area contributed by atoms with E-state index in [-0.39, 0.29) is 0 Å². The van der Waals surface area contributed by atoms with Crippen LogP contribution in [-0.4, -0.2) is 52.0 Å². The van der Waals surface area contributed by atoms with E-state index in [1.165, 1.54) is 25.7 Å². The summed E-state index contributed by atoms with van der Waals surface area (Å²) in [5.41, 5.74) is 1.15. The van der Waals surface area contributed by atoms with Crippen LogP contribution in [0.1, 0.15) is 37.4 Å². The van der Waals surface area contributed by atoms with E-state index in [0.29, 0.717) is 5.92 Å². The highest BCUT2D eigenvalue weighted by Crippen LogP contribution is 2.30. The van der Waals surface area contributed by atoms with E-state index in [2.05, 4.69) is 43.9 Å². The maximum absolute atomic E-state index is 5.49. The zero-order valence-electron chi connectivity index (χ0n) is 13.5. The number of benzene rings is 1. The Morgan fingerprint density at radius 2 is 1.70 bits per heavy atom. The van der Waals surface area contributed by atoms with E-state index < -0.39 is 0 Å². The Morgan fingerprint density at radius 1 is 0.957 bits per heavy atom. The molecule has 5 heteroatoms. The van der Waals surface area contributed by atoms with Crippen LogP contribution >= 0.6 is 0 Å². The fourth-order valence-corrected chi connectivity index (χ4v) is 3.88. The van der Waals surface area contributed by atoms with Crippen molar-refractivity contribution in [3.63, 3.8) is 0 Å². The van der Waals surface area contributed by atoms with E-state index in [4.69, 9.17) is 4.74 Å². The van der Waals surface area contributed by atoms with Crippen molar-refractivity contribution in [1.82, 2.24) is 19.7 Å². The minimum absolute atomic E-state index is 0.508. The van der Waals surface area contributed by atoms with Crippen molar-refractivity contribution < 1.29 is 4.74 Å². The summed E-state index contributed by atoms with van der Waals surface area (Å²) in [6, 6.07) is 11.1. The van der Waals surface area contributed by atoms with E-state index in [1.807, 2.05) is 12.4 Å². The molecular formula is C18H24N4O. The second-order valence-electron chi connectivity index (χ2n) is 6.55. The van der Waals surface area contributed by atoms with Gasteiger partial charge < -0.3 is 9.64 Å². The van der Waals surface area contributed by atoms with Crippen molar-refractivity contribution in [2.75, 3.05) is 26.3 Å². The van der Waals surface area contributed by atoms with E-state index in [9.17, 15) is 0 Å². The Morgan fingerprint density at radius 3 is 2.43 bits per heavy atom. The SMILES string of the molecule is c1ccc(-n2cnnc2C2CCN(C3CCOCC3)CC2)cc1. The van der Waals surface area contributed by atoms with Gasteiger partial charge in [0.1, 0.15) is 12.2 Å². The van der Waals surface area contributed by atoms with E-state index in [1.54, 1.807) is 0 Å². The second kappa shape index (κ2) is 6.81. The topological polar surface area (TPSA) is 43.2 Å². The Balaban J connectivity index is 1.44. The molecule has 2 saturated heterocycles. The minimum Gasteiger partial charge on any atom is -0.381 e. The van der Waals surface area contributed by atoms with Crippen molar-refractivity contribution >= 4 is 0 Å². The number of hydrogen-bond donors (Lipinski definition) is 0. The highest BCUT2D eigenvalue weighted by molar-refractivity contribution is 5.32. The Labute approximate surface area is 137 Å². The predicted molar refractivity (Wildman–Crippen MR) is 88.7 cm³/mol. The zero-order chi connectivity index (χ0) is 15.5. The van der Waals surface area contributed by atoms with Crippen LogP contribution in [0.5, 0.6) is 0 Å². The lowest BCUT2D eigenvalue weighted by Crippen LogP contribution is -2.43. The number of aromatic nitrogens is 3. The first-order valence-electron chi connectivity index (χ1n) is 8.69. The molecule has 2 aliphatic rings. The molecule has 5 nitrogen and oxygen atoms in total. The summed E-state index contributed by atoms with van der Waals surface area (Å²) in [4.78, 5) is 2.66. The molecule has 0 aliphatic carbocycles. The maximum Gasteiger partial charge on any atom is 0.140 e. The monoisotopic (exact) mass is 312 g/mol. The average Bonchev–Trinajstić information content (AvgIpc) is 3.13. The van der Waals surface area contributed by atoms with Gasteiger partial charge in [-0.1, -0.05) is 18.2 Å². The van der Waals surface area contributed by atoms with Crippen molar-refractivity contribution in [3.05, 3.63) is 42.5 Å². The summed E-state index contributed by atoms with van der Waals surface area (Å²) in [5, 5.41) is 8.59. The van der Waals surface area contributed by atoms with E-state index in [0.717, 1.165) is 43.9 Å². The fourth-order valence-electron chi connectivity index (χ4n) is 3.88. The lowest BCUT2D eigenvalue weighted by Gasteiger charge is -2.39. The summed E-state index contributed by atoms with van der Waals surface area (Å²) >= 11 is 0. The molecule has 0 bridgehead atoms. The highest BCUT2D eigenvalue weighted by Gasteiger charge is 2.29. The van der Waals surface area contributed by atoms with Gasteiger partial charge in [0.25, 0.3) is 0 Å². The van der Waals surface area contributed by atoms with Crippen LogP contribution in [0.4, 0.5) is 0 Å². The number of para-hydroxylation sites is 1. The number of likely N-dealkylation sites (tertiary alicyclic amines) is 1. The van der Waals surface area contributed by atoms with Gasteiger partial charge in [0, 0.05) is 30.9 Å². The molecule has 122 valence electrons. The smallest absolute Gasteiger partial charge is 0.140 e. The molecule has 0 N–H and O–H groups in total. The average molecular weight is 312 g/mol. The molecule has 2 aliphatic heterocycles. The molecule has 0 atom stereocenters. The normalized spacial score (nSPS) is 21.6. The molecule has 23 heavy (non-hydrogen) atoms. The highest BCUT2D eigenvalue weighted by atomic mass is 16.5. The molecule has 0 radical (unpaired) electrons. The zero-order valence-corrected chi connectivity index (χ0v) is 13.5. The first kappa shape index (κ1) is 14.8. The first-order valence-corrected chi connectivity index (χ1v) is 8.69. The molecule has 4 rings (SSSR count). The standard InChI is InChI=1S/C18H24N4O/c1-2-4-17(5-3-1)22-14-19-20-18(22)15-6-10-21(11-7-15)16-8-12-23-13-9-16/h1-5,14-16H,6-13H2. The van der Waals surface area contributed by atoms with Crippen molar-refractivity contribution in [2.45, 2.75) is 37.6 Å². The largest absolute Gasteiger partial charge is 0.381 e. The van der Waals surface area contributed by atoms with Gasteiger partial charge >= 0.3 is 0 Å². The van der Waals surface area contributed by atoms with Crippen LogP contribution in [-0.2, 0) is 4.74 Å². The molecule has 2 fully saturated rings. The van der Waals surface area contributed by atoms with Gasteiger partial charge in [-0.2, -0.15) is 0 Å². The molecular weight excluding hydrogens is 288 g/mol. The summed E-state index contributed by atoms with van der Waals surface area (Å²) in [6.45, 7) is 4.17. The third-order valence-electron chi connectivity index (χ3n) is 5.21. The van der Waals surface area contributed by atoms with Gasteiger partial charge in [-0.3, -0.25) is 4.57 Å². The van der Waals surface area contributed by atoms with Gasteiger partial charge in [-0.15, -0.1) is 10.2 Å². The second-order valence-corrected chi connectivity index (χ2v) is 6.55. The van der Waals surface area contributed by atoms with Gasteiger partial charge in [0.05, 0.1) is 0 Å². The molecule has 0 amide bonds. The van der Waals surface area contributed by atoms with Gasteiger partial charge in [0.2, 0.25) is 0 Å². The number of rotatable bonds is 3. The summed E-state index contributed by atoms with van der Waals surface area (Å²) < 4.78 is 7.63. The van der Waals surface area contributed by atoms with Crippen molar-refractivity contribution in [1.29, 1.82) is 0 Å². The van der Waals surface area contributed by atoms with Crippen molar-refractivity contribution in [3.8, 4) is 5.69 Å². The number of hydrogen-bond acceptors (Lipinski definition) is 4. The van der Waals surface area contributed by atoms with Crippen LogP contribution in [0, 0.1) is 0 Å². The van der Waals surface area contributed by atoms with Gasteiger partial charge in [-0.25, -0.2) is 0 Å². The summed E-state index contributed by atoms with van der Waals surface area (Å²) in [6.07, 6.45) is 6.55. The Bertz CT molecular complexity index is 613. The molecule has 0 unspecified atom stereocenters. The van der Waals surface area contributed by atoms with Crippen LogP contribution < -0.4 is 0 Å². The van der Waals surface area contributed by atoms with Crippen LogP contribution in [0.25, 0.3) is 5.69 Å². The first-order chi connectivity index (χ1) is 11.4. The quantitative estimate of drug-likeness (QED) is 0.874. The van der Waals surface area contributed by atoms with Crippen LogP contribution in [0.15, 0.2) is 36.7 Å². The van der Waals surface area contributed by atoms with Crippen LogP contribution in [0.3, 0.4) is 0 Å². The summed E-state index contributed by atoms with van der Waals surface area (Å²) in [7, 11) is 0. The maximum atomic E-state index is 5.49. The number of ether oxygens (including phenoxy) is 1. The summed E-state index contributed by atoms with van der Waals surface area (Å²) in [5.74, 6) is 1.62. The molecule has 1 aromatic carbocycles. The third kappa shape index (κ3) is 3.16. The molecule has 3 heterocycles. The lowest BCUT2D eigenvalue weighted by atomic mass is 9.93. The number of nitrogens with zero attached hydrogens (tertiary/aromatic N) is 4. The lowest BCUT2D eigenvalue weighted by molar-refractivity contribution is 0.0248. The predicted octanol–water partition coefficient (Wildman–Crippen LogP) is 2.63. The number of piperidine rings is 1. The molecule has 1 aromatic heterocycles. The third-order valence-corrected chi connectivity index (χ3v) is 5.21. The van der Waals surface area contributed by atoms with Crippen molar-refractivity contribution in [2.24, 2.45) is 0 Å². The molecule has 0 saturated carbocycles.